The molecule has 0 radical (unpaired) electrons. The van der Waals surface area contributed by atoms with E-state index in [1.807, 2.05) is 12.1 Å². The van der Waals surface area contributed by atoms with Gasteiger partial charge in [0.1, 0.15) is 34.3 Å². The maximum absolute atomic E-state index is 14.8. The third kappa shape index (κ3) is 4.87. The van der Waals surface area contributed by atoms with Crippen LogP contribution in [0.2, 0.25) is 0 Å². The molecule has 2 aromatic rings. The number of nitriles is 2. The predicted molar refractivity (Wildman–Crippen MR) is 127 cm³/mol. The summed E-state index contributed by atoms with van der Waals surface area (Å²) in [6.07, 6.45) is 4.97. The smallest absolute Gasteiger partial charge is 0.338 e. The van der Waals surface area contributed by atoms with Crippen LogP contribution in [-0.2, 0) is 27.1 Å². The van der Waals surface area contributed by atoms with Crippen LogP contribution >= 0.6 is 11.8 Å². The first-order chi connectivity index (χ1) is 17.0. The molecule has 0 saturated heterocycles. The number of pyridine rings is 1. The number of halogens is 1. The van der Waals surface area contributed by atoms with Crippen LogP contribution in [0.4, 0.5) is 4.39 Å². The van der Waals surface area contributed by atoms with Crippen LogP contribution in [0, 0.1) is 28.5 Å². The molecule has 0 bridgehead atoms. The number of nitrogens with zero attached hydrogens (tertiary/aromatic N) is 3. The van der Waals surface area contributed by atoms with Crippen LogP contribution in [0.5, 0.6) is 0 Å². The normalized spacial score (nSPS) is 17.5. The van der Waals surface area contributed by atoms with E-state index in [0.29, 0.717) is 10.6 Å². The number of aromatic nitrogens is 1. The number of benzene rings is 1. The van der Waals surface area contributed by atoms with E-state index in [1.54, 1.807) is 6.07 Å². The highest BCUT2D eigenvalue weighted by Crippen LogP contribution is 2.42. The molecule has 0 saturated carbocycles. The molecule has 0 unspecified atom stereocenters. The molecule has 1 aromatic carbocycles. The number of ether oxygens (including phenoxy) is 2. The minimum Gasteiger partial charge on any atom is -0.466 e. The van der Waals surface area contributed by atoms with E-state index in [-0.39, 0.29) is 34.1 Å². The molecule has 0 spiro atoms. The number of thioether (sulfide) groups is 1. The zero-order chi connectivity index (χ0) is 24.9. The van der Waals surface area contributed by atoms with Gasteiger partial charge < -0.3 is 15.2 Å². The molecular formula is C26H23FN4O3S. The van der Waals surface area contributed by atoms with Gasteiger partial charge >= 0.3 is 5.97 Å². The Morgan fingerprint density at radius 2 is 2.03 bits per heavy atom. The van der Waals surface area contributed by atoms with Crippen molar-refractivity contribution in [2.24, 2.45) is 5.73 Å². The predicted octanol–water partition coefficient (Wildman–Crippen LogP) is 4.39. The number of rotatable bonds is 5. The highest BCUT2D eigenvalue weighted by atomic mass is 32.2. The third-order valence-corrected chi connectivity index (χ3v) is 7.09. The average molecular weight is 491 g/mol. The Hall–Kier alpha value is -3.82. The van der Waals surface area contributed by atoms with Gasteiger partial charge in [-0.2, -0.15) is 10.5 Å². The number of esters is 1. The lowest BCUT2D eigenvalue weighted by Crippen LogP contribution is -2.27. The number of hydrogen-bond acceptors (Lipinski definition) is 8. The van der Waals surface area contributed by atoms with E-state index < -0.39 is 17.7 Å². The maximum Gasteiger partial charge on any atom is 0.338 e. The van der Waals surface area contributed by atoms with Gasteiger partial charge in [-0.1, -0.05) is 36.4 Å². The van der Waals surface area contributed by atoms with Crippen LogP contribution < -0.4 is 5.73 Å². The van der Waals surface area contributed by atoms with Gasteiger partial charge in [-0.05, 0) is 43.4 Å². The van der Waals surface area contributed by atoms with Crippen molar-refractivity contribution in [3.63, 3.8) is 0 Å². The molecule has 2 heterocycles. The summed E-state index contributed by atoms with van der Waals surface area (Å²) < 4.78 is 25.5. The molecular weight excluding hydrogens is 467 g/mol. The molecule has 1 atom stereocenters. The zero-order valence-corrected chi connectivity index (χ0v) is 20.0. The van der Waals surface area contributed by atoms with Gasteiger partial charge in [0.25, 0.3) is 0 Å². The fourth-order valence-electron chi connectivity index (χ4n) is 4.39. The number of carbonyl (C=O) groups is 1. The fourth-order valence-corrected chi connectivity index (χ4v) is 5.31. The van der Waals surface area contributed by atoms with Crippen molar-refractivity contribution in [1.82, 2.24) is 4.98 Å². The molecule has 35 heavy (non-hydrogen) atoms. The monoisotopic (exact) mass is 490 g/mol. The van der Waals surface area contributed by atoms with E-state index in [2.05, 4.69) is 6.07 Å². The molecule has 9 heteroatoms. The second-order valence-corrected chi connectivity index (χ2v) is 9.15. The fraction of sp³-hybridized carbons (Fsp3) is 0.308. The Balaban J connectivity index is 1.76. The van der Waals surface area contributed by atoms with Crippen molar-refractivity contribution in [1.29, 1.82) is 10.5 Å². The van der Waals surface area contributed by atoms with Gasteiger partial charge in [-0.25, -0.2) is 14.2 Å². The van der Waals surface area contributed by atoms with Crippen molar-refractivity contribution < 1.29 is 18.7 Å². The van der Waals surface area contributed by atoms with E-state index in [0.717, 1.165) is 43.4 Å². The second-order valence-electron chi connectivity index (χ2n) is 8.18. The lowest BCUT2D eigenvalue weighted by molar-refractivity contribution is -0.136. The third-order valence-electron chi connectivity index (χ3n) is 6.09. The van der Waals surface area contributed by atoms with Crippen LogP contribution in [0.15, 0.2) is 58.1 Å². The summed E-state index contributed by atoms with van der Waals surface area (Å²) in [5, 5.41) is 20.0. The first-order valence-corrected chi connectivity index (χ1v) is 12.2. The lowest BCUT2D eigenvalue weighted by Gasteiger charge is -2.28. The Labute approximate surface area is 207 Å². The highest BCUT2D eigenvalue weighted by molar-refractivity contribution is 7.99. The molecule has 1 aromatic heterocycles. The second kappa shape index (κ2) is 10.6. The number of fused-ring (bicyclic) bond motifs is 1. The number of aryl methyl sites for hydroxylation is 2. The molecule has 7 nitrogen and oxygen atoms in total. The van der Waals surface area contributed by atoms with Crippen LogP contribution in [0.25, 0.3) is 0 Å². The van der Waals surface area contributed by atoms with Gasteiger partial charge in [0, 0.05) is 11.3 Å². The molecule has 178 valence electrons. The number of allylic oxidation sites excluding steroid dienone is 1. The molecule has 0 amide bonds. The molecule has 1 aliphatic heterocycles. The Morgan fingerprint density at radius 1 is 1.26 bits per heavy atom. The summed E-state index contributed by atoms with van der Waals surface area (Å²) in [6, 6.07) is 11.9. The van der Waals surface area contributed by atoms with Gasteiger partial charge in [-0.3, -0.25) is 0 Å². The minimum absolute atomic E-state index is 0.0101. The van der Waals surface area contributed by atoms with E-state index in [4.69, 9.17) is 20.2 Å². The summed E-state index contributed by atoms with van der Waals surface area (Å²) in [5.74, 6) is -2.44. The number of hydrogen-bond donors (Lipinski definition) is 1. The lowest BCUT2D eigenvalue weighted by atomic mass is 9.83. The van der Waals surface area contributed by atoms with Gasteiger partial charge in [0.15, 0.2) is 0 Å². The topological polar surface area (TPSA) is 122 Å². The first kappa shape index (κ1) is 24.3. The Bertz CT molecular complexity index is 1320. The Morgan fingerprint density at radius 3 is 2.74 bits per heavy atom. The maximum atomic E-state index is 14.8. The number of nitrogens with two attached hydrogens (primary N) is 1. The van der Waals surface area contributed by atoms with Gasteiger partial charge in [0.2, 0.25) is 5.88 Å². The molecule has 4 rings (SSSR count). The van der Waals surface area contributed by atoms with Crippen LogP contribution in [0.1, 0.15) is 47.6 Å². The van der Waals surface area contributed by atoms with Crippen molar-refractivity contribution >= 4 is 17.7 Å². The summed E-state index contributed by atoms with van der Waals surface area (Å²) in [7, 11) is 1.20. The van der Waals surface area contributed by atoms with E-state index in [1.165, 1.54) is 37.1 Å². The van der Waals surface area contributed by atoms with Crippen molar-refractivity contribution in [2.75, 3.05) is 12.9 Å². The van der Waals surface area contributed by atoms with Gasteiger partial charge in [-0.15, -0.1) is 0 Å². The van der Waals surface area contributed by atoms with Gasteiger partial charge in [0.05, 0.1) is 29.9 Å². The quantitative estimate of drug-likeness (QED) is 0.372. The summed E-state index contributed by atoms with van der Waals surface area (Å²) in [6.45, 7) is 0. The molecule has 1 aliphatic carbocycles. The Kier molecular flexibility index (Phi) is 7.38. The minimum atomic E-state index is -1.09. The zero-order valence-electron chi connectivity index (χ0n) is 19.1. The van der Waals surface area contributed by atoms with Crippen molar-refractivity contribution in [3.05, 3.63) is 81.3 Å². The standard InChI is InChI=1S/C26H23FN4O3S/c1-33-26(32)23-21(34-24(30)18(13-29)22(23)17-8-5-6-9-19(17)27)14-35-25-16(12-28)11-15-7-3-2-4-10-20(15)31-25/h5-6,8-9,11,22H,2-4,7,10,14,30H2,1H3/t22-/m0/s1. The van der Waals surface area contributed by atoms with E-state index >= 15 is 0 Å². The largest absolute Gasteiger partial charge is 0.466 e. The SMILES string of the molecule is COC(=O)C1=C(CSc2nc3c(cc2C#N)CCCCC3)OC(N)=C(C#N)[C@@H]1c1ccccc1F. The summed E-state index contributed by atoms with van der Waals surface area (Å²) >= 11 is 1.22. The van der Waals surface area contributed by atoms with Crippen LogP contribution in [-0.4, -0.2) is 23.8 Å². The number of methoxy groups -OCH3 is 1. The van der Waals surface area contributed by atoms with Crippen molar-refractivity contribution in [3.8, 4) is 12.1 Å². The summed E-state index contributed by atoms with van der Waals surface area (Å²) in [4.78, 5) is 17.6. The summed E-state index contributed by atoms with van der Waals surface area (Å²) in [5.41, 5.74) is 8.58. The molecule has 2 N–H and O–H groups in total. The van der Waals surface area contributed by atoms with Crippen LogP contribution in [0.3, 0.4) is 0 Å². The molecule has 2 aliphatic rings. The first-order valence-electron chi connectivity index (χ1n) is 11.2. The van der Waals surface area contributed by atoms with Crippen molar-refractivity contribution in [2.45, 2.75) is 43.0 Å². The average Bonchev–Trinajstić information content (AvgIpc) is 3.11. The highest BCUT2D eigenvalue weighted by Gasteiger charge is 2.38. The molecule has 0 fully saturated rings. The van der Waals surface area contributed by atoms with E-state index in [9.17, 15) is 19.7 Å². The number of carbonyl (C=O) groups excluding carboxylic acids is 1.